The third-order valence-corrected chi connectivity index (χ3v) is 2.72. The van der Waals surface area contributed by atoms with Gasteiger partial charge in [0.05, 0.1) is 6.04 Å². The molecule has 4 heteroatoms. The number of amides is 1. The Labute approximate surface area is 91.5 Å². The molecule has 1 heterocycles. The first kappa shape index (κ1) is 12.2. The lowest BCUT2D eigenvalue weighted by molar-refractivity contribution is -0.125. The van der Waals surface area contributed by atoms with Gasteiger partial charge in [-0.3, -0.25) is 9.69 Å². The predicted octanol–water partition coefficient (Wildman–Crippen LogP) is -0.0423. The molecular weight excluding hydrogens is 190 g/mol. The van der Waals surface area contributed by atoms with Crippen molar-refractivity contribution in [3.8, 4) is 0 Å². The van der Waals surface area contributed by atoms with Gasteiger partial charge in [-0.2, -0.15) is 0 Å². The lowest BCUT2D eigenvalue weighted by atomic mass is 10.1. The van der Waals surface area contributed by atoms with Gasteiger partial charge in [0.25, 0.3) is 0 Å². The fourth-order valence-electron chi connectivity index (χ4n) is 1.99. The Morgan fingerprint density at radius 3 is 3.07 bits per heavy atom. The fraction of sp³-hybridized carbons (Fsp3) is 0.727. The standard InChI is InChI=1S/C11H21N3O/c1-3-6-14-8-9(2)7-13-11(15)10(14)4-5-12/h3,9-10H,1,4-8,12H2,2H3,(H,13,15). The van der Waals surface area contributed by atoms with Crippen molar-refractivity contribution < 1.29 is 4.79 Å². The Kier molecular flexibility index (Phi) is 4.78. The fourth-order valence-corrected chi connectivity index (χ4v) is 1.99. The van der Waals surface area contributed by atoms with Gasteiger partial charge in [0, 0.05) is 19.6 Å². The zero-order chi connectivity index (χ0) is 11.3. The molecule has 1 rings (SSSR count). The van der Waals surface area contributed by atoms with Crippen LogP contribution in [0.25, 0.3) is 0 Å². The third-order valence-electron chi connectivity index (χ3n) is 2.72. The lowest BCUT2D eigenvalue weighted by Gasteiger charge is -2.27. The maximum absolute atomic E-state index is 11.8. The van der Waals surface area contributed by atoms with Crippen LogP contribution in [-0.2, 0) is 4.79 Å². The van der Waals surface area contributed by atoms with Crippen molar-refractivity contribution in [2.75, 3.05) is 26.2 Å². The second-order valence-electron chi connectivity index (χ2n) is 4.19. The highest BCUT2D eigenvalue weighted by Crippen LogP contribution is 2.11. The van der Waals surface area contributed by atoms with Crippen LogP contribution in [0.2, 0.25) is 0 Å². The molecule has 1 aliphatic rings. The Bertz CT molecular complexity index is 230. The van der Waals surface area contributed by atoms with Crippen molar-refractivity contribution in [3.05, 3.63) is 12.7 Å². The molecule has 0 spiro atoms. The monoisotopic (exact) mass is 211 g/mol. The van der Waals surface area contributed by atoms with Crippen molar-refractivity contribution >= 4 is 5.91 Å². The summed E-state index contributed by atoms with van der Waals surface area (Å²) in [5.41, 5.74) is 5.53. The van der Waals surface area contributed by atoms with Gasteiger partial charge in [-0.1, -0.05) is 13.0 Å². The van der Waals surface area contributed by atoms with Crippen molar-refractivity contribution in [2.24, 2.45) is 11.7 Å². The van der Waals surface area contributed by atoms with E-state index in [0.29, 0.717) is 18.9 Å². The van der Waals surface area contributed by atoms with E-state index in [2.05, 4.69) is 23.7 Å². The van der Waals surface area contributed by atoms with E-state index in [-0.39, 0.29) is 11.9 Å². The lowest BCUT2D eigenvalue weighted by Crippen LogP contribution is -2.45. The summed E-state index contributed by atoms with van der Waals surface area (Å²) >= 11 is 0. The molecule has 2 atom stereocenters. The average Bonchev–Trinajstić information content (AvgIpc) is 2.33. The van der Waals surface area contributed by atoms with Crippen molar-refractivity contribution in [1.29, 1.82) is 0 Å². The maximum atomic E-state index is 11.8. The topological polar surface area (TPSA) is 58.4 Å². The molecular formula is C11H21N3O. The molecule has 0 bridgehead atoms. The number of carbonyl (C=O) groups is 1. The first-order valence-corrected chi connectivity index (χ1v) is 5.51. The highest BCUT2D eigenvalue weighted by Gasteiger charge is 2.28. The molecule has 15 heavy (non-hydrogen) atoms. The zero-order valence-corrected chi connectivity index (χ0v) is 9.41. The van der Waals surface area contributed by atoms with E-state index in [1.807, 2.05) is 6.08 Å². The van der Waals surface area contributed by atoms with Crippen LogP contribution in [0, 0.1) is 5.92 Å². The number of rotatable bonds is 4. The summed E-state index contributed by atoms with van der Waals surface area (Å²) in [5, 5.41) is 2.95. The van der Waals surface area contributed by atoms with Gasteiger partial charge >= 0.3 is 0 Å². The Balaban J connectivity index is 2.72. The van der Waals surface area contributed by atoms with E-state index >= 15 is 0 Å². The molecule has 0 aromatic heterocycles. The maximum Gasteiger partial charge on any atom is 0.237 e. The van der Waals surface area contributed by atoms with Crippen LogP contribution in [0.3, 0.4) is 0 Å². The summed E-state index contributed by atoms with van der Waals surface area (Å²) in [4.78, 5) is 14.0. The first-order valence-electron chi connectivity index (χ1n) is 5.51. The van der Waals surface area contributed by atoms with Crippen LogP contribution in [0.15, 0.2) is 12.7 Å². The molecule has 3 N–H and O–H groups in total. The molecule has 2 unspecified atom stereocenters. The van der Waals surface area contributed by atoms with Crippen LogP contribution < -0.4 is 11.1 Å². The summed E-state index contributed by atoms with van der Waals surface area (Å²) in [6.07, 6.45) is 2.56. The molecule has 86 valence electrons. The minimum absolute atomic E-state index is 0.0852. The van der Waals surface area contributed by atoms with E-state index in [0.717, 1.165) is 19.6 Å². The Morgan fingerprint density at radius 2 is 2.47 bits per heavy atom. The van der Waals surface area contributed by atoms with Gasteiger partial charge in [0.1, 0.15) is 0 Å². The molecule has 0 aliphatic carbocycles. The van der Waals surface area contributed by atoms with Crippen LogP contribution in [0.4, 0.5) is 0 Å². The molecule has 0 radical (unpaired) electrons. The van der Waals surface area contributed by atoms with E-state index in [9.17, 15) is 4.79 Å². The number of carbonyl (C=O) groups excluding carboxylic acids is 1. The summed E-state index contributed by atoms with van der Waals surface area (Å²) < 4.78 is 0. The number of nitrogens with two attached hydrogens (primary N) is 1. The molecule has 0 aromatic carbocycles. The van der Waals surface area contributed by atoms with Crippen molar-refractivity contribution in [3.63, 3.8) is 0 Å². The van der Waals surface area contributed by atoms with Crippen molar-refractivity contribution in [2.45, 2.75) is 19.4 Å². The number of nitrogens with zero attached hydrogens (tertiary/aromatic N) is 1. The van der Waals surface area contributed by atoms with E-state index in [1.165, 1.54) is 0 Å². The number of nitrogens with one attached hydrogen (secondary N) is 1. The molecule has 4 nitrogen and oxygen atoms in total. The normalized spacial score (nSPS) is 28.3. The highest BCUT2D eigenvalue weighted by atomic mass is 16.2. The molecule has 1 aliphatic heterocycles. The summed E-state index contributed by atoms with van der Waals surface area (Å²) in [5.74, 6) is 0.586. The largest absolute Gasteiger partial charge is 0.354 e. The van der Waals surface area contributed by atoms with E-state index < -0.39 is 0 Å². The van der Waals surface area contributed by atoms with E-state index in [4.69, 9.17) is 5.73 Å². The zero-order valence-electron chi connectivity index (χ0n) is 9.41. The Morgan fingerprint density at radius 1 is 1.73 bits per heavy atom. The molecule has 0 aromatic rings. The summed E-state index contributed by atoms with van der Waals surface area (Å²) in [6, 6.07) is -0.0852. The number of hydrogen-bond acceptors (Lipinski definition) is 3. The third kappa shape index (κ3) is 3.32. The second kappa shape index (κ2) is 5.88. The molecule has 1 amide bonds. The molecule has 1 saturated heterocycles. The van der Waals surface area contributed by atoms with Crippen LogP contribution >= 0.6 is 0 Å². The summed E-state index contributed by atoms with van der Waals surface area (Å²) in [7, 11) is 0. The smallest absolute Gasteiger partial charge is 0.237 e. The first-order chi connectivity index (χ1) is 7.19. The van der Waals surface area contributed by atoms with Gasteiger partial charge in [-0.25, -0.2) is 0 Å². The van der Waals surface area contributed by atoms with Gasteiger partial charge in [-0.15, -0.1) is 6.58 Å². The van der Waals surface area contributed by atoms with E-state index in [1.54, 1.807) is 0 Å². The minimum Gasteiger partial charge on any atom is -0.354 e. The molecule has 0 saturated carbocycles. The SMILES string of the molecule is C=CCN1CC(C)CNC(=O)C1CCN. The van der Waals surface area contributed by atoms with Crippen LogP contribution in [0.5, 0.6) is 0 Å². The van der Waals surface area contributed by atoms with Crippen LogP contribution in [0.1, 0.15) is 13.3 Å². The highest BCUT2D eigenvalue weighted by molar-refractivity contribution is 5.82. The van der Waals surface area contributed by atoms with Gasteiger partial charge in [-0.05, 0) is 18.9 Å². The van der Waals surface area contributed by atoms with Gasteiger partial charge < -0.3 is 11.1 Å². The predicted molar refractivity (Wildman–Crippen MR) is 61.4 cm³/mol. The van der Waals surface area contributed by atoms with Crippen molar-refractivity contribution in [1.82, 2.24) is 10.2 Å². The van der Waals surface area contributed by atoms with Gasteiger partial charge in [0.15, 0.2) is 0 Å². The second-order valence-corrected chi connectivity index (χ2v) is 4.19. The van der Waals surface area contributed by atoms with Crippen LogP contribution in [-0.4, -0.2) is 43.0 Å². The minimum atomic E-state index is -0.0852. The average molecular weight is 211 g/mol. The van der Waals surface area contributed by atoms with Gasteiger partial charge in [0.2, 0.25) is 5.91 Å². The molecule has 1 fully saturated rings. The number of hydrogen-bond donors (Lipinski definition) is 2. The Hall–Kier alpha value is -0.870. The summed E-state index contributed by atoms with van der Waals surface area (Å²) in [6.45, 7) is 8.84. The quantitative estimate of drug-likeness (QED) is 0.641.